The molecule has 5 aromatic rings. The molecule has 0 spiro atoms. The van der Waals surface area contributed by atoms with E-state index in [0.717, 1.165) is 41.5 Å². The number of hydrogen-bond acceptors (Lipinski definition) is 7. The molecular weight excluding hydrogens is 628 g/mol. The van der Waals surface area contributed by atoms with Crippen LogP contribution in [0.3, 0.4) is 0 Å². The molecule has 1 saturated heterocycles. The number of rotatable bonds is 20. The van der Waals surface area contributed by atoms with Gasteiger partial charge in [0.05, 0.1) is 33.0 Å². The van der Waals surface area contributed by atoms with Crippen LogP contribution in [-0.2, 0) is 54.7 Å². The van der Waals surface area contributed by atoms with E-state index in [1.165, 1.54) is 10.9 Å². The number of nitrogens with one attached hydrogen (secondary N) is 1. The Balaban J connectivity index is 1.26. The van der Waals surface area contributed by atoms with Gasteiger partial charge in [-0.25, -0.2) is 0 Å². The van der Waals surface area contributed by atoms with Crippen LogP contribution in [0.5, 0.6) is 0 Å². The minimum absolute atomic E-state index is 0.334. The predicted octanol–water partition coefficient (Wildman–Crippen LogP) is 7.35. The van der Waals surface area contributed by atoms with Crippen LogP contribution in [0.4, 0.5) is 0 Å². The third-order valence-electron chi connectivity index (χ3n) is 9.05. The normalized spacial score (nSPS) is 20.7. The van der Waals surface area contributed by atoms with E-state index in [-0.39, 0.29) is 0 Å². The van der Waals surface area contributed by atoms with Crippen molar-refractivity contribution in [1.82, 2.24) is 4.98 Å². The van der Waals surface area contributed by atoms with Crippen LogP contribution in [0.15, 0.2) is 121 Å². The average molecular weight is 679 g/mol. The van der Waals surface area contributed by atoms with Gasteiger partial charge in [-0.2, -0.15) is 0 Å². The first-order valence-electron chi connectivity index (χ1n) is 17.8. The number of benzene rings is 4. The Kier molecular flexibility index (Phi) is 14.0. The van der Waals surface area contributed by atoms with Crippen molar-refractivity contribution in [3.05, 3.63) is 144 Å². The number of H-pyrrole nitrogens is 1. The maximum absolute atomic E-state index is 6.82. The lowest BCUT2D eigenvalue weighted by atomic mass is 9.97. The number of aromatic amines is 1. The third-order valence-corrected chi connectivity index (χ3v) is 9.05. The summed E-state index contributed by atoms with van der Waals surface area (Å²) in [6.45, 7) is 3.22. The van der Waals surface area contributed by atoms with E-state index >= 15 is 0 Å². The van der Waals surface area contributed by atoms with Crippen molar-refractivity contribution in [1.29, 1.82) is 0 Å². The van der Waals surface area contributed by atoms with Gasteiger partial charge in [0.1, 0.15) is 24.4 Å². The highest BCUT2D eigenvalue weighted by Crippen LogP contribution is 2.32. The van der Waals surface area contributed by atoms with Gasteiger partial charge >= 0.3 is 0 Å². The molecule has 0 bridgehead atoms. The zero-order valence-corrected chi connectivity index (χ0v) is 28.7. The van der Waals surface area contributed by atoms with Gasteiger partial charge in [0.2, 0.25) is 0 Å². The van der Waals surface area contributed by atoms with Crippen molar-refractivity contribution in [2.75, 3.05) is 26.4 Å². The molecule has 50 heavy (non-hydrogen) atoms. The minimum atomic E-state index is -0.716. The summed E-state index contributed by atoms with van der Waals surface area (Å²) in [7, 11) is 0. The lowest BCUT2D eigenvalue weighted by Crippen LogP contribution is -2.61. The number of fused-ring (bicyclic) bond motifs is 1. The summed E-state index contributed by atoms with van der Waals surface area (Å²) in [6.07, 6.45) is 2.94. The van der Waals surface area contributed by atoms with Crippen LogP contribution in [0, 0.1) is 0 Å². The first kappa shape index (κ1) is 35.9. The van der Waals surface area contributed by atoms with E-state index < -0.39 is 30.7 Å². The Morgan fingerprint density at radius 1 is 0.580 bits per heavy atom. The van der Waals surface area contributed by atoms with Crippen molar-refractivity contribution in [3.63, 3.8) is 0 Å². The van der Waals surface area contributed by atoms with Gasteiger partial charge in [-0.3, -0.25) is 0 Å². The van der Waals surface area contributed by atoms with Crippen molar-refractivity contribution < 1.29 is 28.4 Å². The molecule has 6 rings (SSSR count). The average Bonchev–Trinajstić information content (AvgIpc) is 3.58. The molecule has 0 unspecified atom stereocenters. The van der Waals surface area contributed by atoms with Crippen molar-refractivity contribution in [2.45, 2.75) is 76.2 Å². The van der Waals surface area contributed by atoms with Crippen LogP contribution >= 0.6 is 0 Å². The summed E-state index contributed by atoms with van der Waals surface area (Å²) < 4.78 is 39.9. The van der Waals surface area contributed by atoms with Gasteiger partial charge in [0, 0.05) is 23.7 Å². The number of aromatic nitrogens is 1. The van der Waals surface area contributed by atoms with Gasteiger partial charge in [-0.1, -0.05) is 109 Å². The van der Waals surface area contributed by atoms with Crippen LogP contribution < -0.4 is 5.73 Å². The fourth-order valence-corrected chi connectivity index (χ4v) is 6.36. The lowest BCUT2D eigenvalue weighted by molar-refractivity contribution is -0.328. The zero-order valence-electron chi connectivity index (χ0n) is 28.7. The molecule has 3 N–H and O–H groups in total. The van der Waals surface area contributed by atoms with E-state index in [9.17, 15) is 0 Å². The van der Waals surface area contributed by atoms with E-state index in [1.54, 1.807) is 0 Å². The molecule has 1 fully saturated rings. The monoisotopic (exact) mass is 678 g/mol. The van der Waals surface area contributed by atoms with Crippen LogP contribution in [0.1, 0.15) is 41.5 Å². The molecule has 1 aliphatic heterocycles. The van der Waals surface area contributed by atoms with E-state index in [0.29, 0.717) is 52.6 Å². The maximum Gasteiger partial charge on any atom is 0.186 e. The standard InChI is InChI=1S/C42H50N2O6/c43-24-13-4-14-25-45-31-38-39(47-28-32-15-5-1-6-16-32)40(48-29-33-17-7-2-8-18-33)41(49-30-34-19-9-3-10-20-34)42(50-38)46-26-23-35-27-44-37-22-12-11-21-36(35)37/h1-3,5-12,15-22,27,38-42,44H,4,13-14,23-26,28-31,43H2/t38-,39-,40+,41-,42+/m1/s1. The number of nitrogens with two attached hydrogens (primary N) is 1. The SMILES string of the molecule is NCCCCCOC[C@H]1O[C@H](OCCc2c[nH]c3ccccc23)[C@H](OCc2ccccc2)[C@@H](OCc2ccccc2)[C@@H]1OCc1ccccc1. The second kappa shape index (κ2) is 19.5. The highest BCUT2D eigenvalue weighted by atomic mass is 16.7. The maximum atomic E-state index is 6.82. The Morgan fingerprint density at radius 3 is 1.80 bits per heavy atom. The molecule has 2 heterocycles. The third kappa shape index (κ3) is 10.3. The predicted molar refractivity (Wildman–Crippen MR) is 195 cm³/mol. The fourth-order valence-electron chi connectivity index (χ4n) is 6.36. The second-order valence-corrected chi connectivity index (χ2v) is 12.7. The van der Waals surface area contributed by atoms with Gasteiger partial charge in [-0.05, 0) is 60.5 Å². The Hall–Kier alpha value is -3.86. The van der Waals surface area contributed by atoms with Crippen LogP contribution in [0.25, 0.3) is 10.9 Å². The molecule has 0 amide bonds. The van der Waals surface area contributed by atoms with Crippen molar-refractivity contribution >= 4 is 10.9 Å². The number of unbranched alkanes of at least 4 members (excludes halogenated alkanes) is 2. The Bertz CT molecular complexity index is 1650. The quantitative estimate of drug-likeness (QED) is 0.0831. The second-order valence-electron chi connectivity index (χ2n) is 12.7. The molecule has 1 aliphatic rings. The van der Waals surface area contributed by atoms with E-state index in [2.05, 4.69) is 65.8 Å². The first-order valence-corrected chi connectivity index (χ1v) is 17.8. The zero-order chi connectivity index (χ0) is 34.2. The largest absolute Gasteiger partial charge is 0.379 e. The molecule has 0 aliphatic carbocycles. The Labute approximate surface area is 295 Å². The molecule has 5 atom stereocenters. The molecule has 4 aromatic carbocycles. The van der Waals surface area contributed by atoms with Gasteiger partial charge in [-0.15, -0.1) is 0 Å². The summed E-state index contributed by atoms with van der Waals surface area (Å²) >= 11 is 0. The molecule has 0 radical (unpaired) electrons. The van der Waals surface area contributed by atoms with Crippen molar-refractivity contribution in [2.24, 2.45) is 5.73 Å². The van der Waals surface area contributed by atoms with E-state index in [4.69, 9.17) is 34.2 Å². The summed E-state index contributed by atoms with van der Waals surface area (Å²) in [5.41, 5.74) is 11.2. The smallest absolute Gasteiger partial charge is 0.186 e. The van der Waals surface area contributed by atoms with Gasteiger partial charge in [0.25, 0.3) is 0 Å². The van der Waals surface area contributed by atoms with Gasteiger partial charge < -0.3 is 39.1 Å². The summed E-state index contributed by atoms with van der Waals surface area (Å²) in [5, 5.41) is 1.19. The summed E-state index contributed by atoms with van der Waals surface area (Å²) in [4.78, 5) is 3.37. The molecular formula is C42H50N2O6. The lowest BCUT2D eigenvalue weighted by Gasteiger charge is -2.46. The van der Waals surface area contributed by atoms with Crippen LogP contribution in [0.2, 0.25) is 0 Å². The van der Waals surface area contributed by atoms with Gasteiger partial charge in [0.15, 0.2) is 6.29 Å². The van der Waals surface area contributed by atoms with E-state index in [1.807, 2.05) is 60.7 Å². The number of para-hydroxylation sites is 1. The molecule has 264 valence electrons. The molecule has 1 aromatic heterocycles. The Morgan fingerprint density at radius 2 is 1.16 bits per heavy atom. The highest BCUT2D eigenvalue weighted by Gasteiger charge is 2.49. The topological polar surface area (TPSA) is 97.2 Å². The molecule has 8 heteroatoms. The first-order chi connectivity index (χ1) is 24.8. The highest BCUT2D eigenvalue weighted by molar-refractivity contribution is 5.83. The summed E-state index contributed by atoms with van der Waals surface area (Å²) in [6, 6.07) is 38.8. The molecule has 0 saturated carbocycles. The number of ether oxygens (including phenoxy) is 6. The number of hydrogen-bond donors (Lipinski definition) is 2. The summed E-state index contributed by atoms with van der Waals surface area (Å²) in [5.74, 6) is 0. The van der Waals surface area contributed by atoms with Crippen LogP contribution in [-0.4, -0.2) is 62.1 Å². The van der Waals surface area contributed by atoms with Crippen molar-refractivity contribution in [3.8, 4) is 0 Å². The molecule has 8 nitrogen and oxygen atoms in total. The minimum Gasteiger partial charge on any atom is -0.379 e. The fraction of sp³-hybridized carbons (Fsp3) is 0.381.